The van der Waals surface area contributed by atoms with Gasteiger partial charge >= 0.3 is 0 Å². The first-order valence-electron chi connectivity index (χ1n) is 6.60. The van der Waals surface area contributed by atoms with Gasteiger partial charge < -0.3 is 14.5 Å². The summed E-state index contributed by atoms with van der Waals surface area (Å²) in [4.78, 5) is 4.13. The van der Waals surface area contributed by atoms with Crippen LogP contribution in [0.25, 0.3) is 0 Å². The molecule has 0 spiro atoms. The van der Waals surface area contributed by atoms with Crippen LogP contribution in [-0.4, -0.2) is 11.0 Å². The van der Waals surface area contributed by atoms with Crippen molar-refractivity contribution in [2.75, 3.05) is 5.32 Å². The molecule has 0 aliphatic heterocycles. The van der Waals surface area contributed by atoms with Gasteiger partial charge in [0.05, 0.1) is 0 Å². The number of anilines is 1. The predicted octanol–water partition coefficient (Wildman–Crippen LogP) is 3.01. The smallest absolute Gasteiger partial charge is 0.236 e. The van der Waals surface area contributed by atoms with Gasteiger partial charge in [-0.3, -0.25) is 0 Å². The lowest BCUT2D eigenvalue weighted by Gasteiger charge is -2.03. The third kappa shape index (κ3) is 2.91. The SMILES string of the molecule is Cc1ccc(OCc2nc(C#N)c(NC3CC3)o2)cc1. The van der Waals surface area contributed by atoms with Crippen LogP contribution in [0.1, 0.15) is 30.0 Å². The van der Waals surface area contributed by atoms with Gasteiger partial charge in [-0.05, 0) is 31.9 Å². The zero-order valence-electron chi connectivity index (χ0n) is 11.2. The highest BCUT2D eigenvalue weighted by atomic mass is 16.5. The standard InChI is InChI=1S/C15H15N3O2/c1-10-2-6-12(7-3-10)19-9-14-18-13(8-16)15(20-14)17-11-4-5-11/h2-3,6-7,11,17H,4-5,9H2,1H3. The van der Waals surface area contributed by atoms with E-state index in [9.17, 15) is 0 Å². The van der Waals surface area contributed by atoms with Crippen LogP contribution in [0.2, 0.25) is 0 Å². The Morgan fingerprint density at radius 1 is 1.40 bits per heavy atom. The molecular formula is C15H15N3O2. The molecular weight excluding hydrogens is 254 g/mol. The van der Waals surface area contributed by atoms with E-state index in [1.165, 1.54) is 5.56 Å². The molecule has 0 saturated heterocycles. The second-order valence-corrected chi connectivity index (χ2v) is 4.92. The van der Waals surface area contributed by atoms with Crippen molar-refractivity contribution in [3.8, 4) is 11.8 Å². The zero-order valence-corrected chi connectivity index (χ0v) is 11.2. The van der Waals surface area contributed by atoms with Crippen LogP contribution >= 0.6 is 0 Å². The van der Waals surface area contributed by atoms with Crippen molar-refractivity contribution in [1.82, 2.24) is 4.98 Å². The number of nitrogens with one attached hydrogen (secondary N) is 1. The largest absolute Gasteiger partial charge is 0.484 e. The van der Waals surface area contributed by atoms with E-state index in [4.69, 9.17) is 14.4 Å². The number of aryl methyl sites for hydroxylation is 1. The molecule has 5 heteroatoms. The van der Waals surface area contributed by atoms with Crippen molar-refractivity contribution >= 4 is 5.88 Å². The molecule has 0 amide bonds. The van der Waals surface area contributed by atoms with Gasteiger partial charge in [-0.2, -0.15) is 10.2 Å². The average Bonchev–Trinajstić information content (AvgIpc) is 3.18. The van der Waals surface area contributed by atoms with E-state index in [0.717, 1.165) is 18.6 Å². The molecule has 1 aliphatic carbocycles. The van der Waals surface area contributed by atoms with Crippen LogP contribution in [0.3, 0.4) is 0 Å². The predicted molar refractivity (Wildman–Crippen MR) is 73.4 cm³/mol. The Balaban J connectivity index is 1.66. The molecule has 0 unspecified atom stereocenters. The fourth-order valence-corrected chi connectivity index (χ4v) is 1.79. The van der Waals surface area contributed by atoms with Gasteiger partial charge in [-0.1, -0.05) is 17.7 Å². The number of hydrogen-bond acceptors (Lipinski definition) is 5. The number of hydrogen-bond donors (Lipinski definition) is 1. The highest BCUT2D eigenvalue weighted by Crippen LogP contribution is 2.27. The molecule has 1 aromatic heterocycles. The van der Waals surface area contributed by atoms with Crippen molar-refractivity contribution < 1.29 is 9.15 Å². The Morgan fingerprint density at radius 2 is 2.15 bits per heavy atom. The molecule has 102 valence electrons. The summed E-state index contributed by atoms with van der Waals surface area (Å²) in [5, 5.41) is 12.2. The molecule has 0 bridgehead atoms. The highest BCUT2D eigenvalue weighted by Gasteiger charge is 2.25. The monoisotopic (exact) mass is 269 g/mol. The Hall–Kier alpha value is -2.48. The number of nitrogens with zero attached hydrogens (tertiary/aromatic N) is 2. The molecule has 5 nitrogen and oxygen atoms in total. The van der Waals surface area contributed by atoms with Gasteiger partial charge in [-0.25, -0.2) is 0 Å². The second kappa shape index (κ2) is 5.25. The summed E-state index contributed by atoms with van der Waals surface area (Å²) in [5.74, 6) is 1.62. The van der Waals surface area contributed by atoms with Crippen LogP contribution < -0.4 is 10.1 Å². The molecule has 2 aromatic rings. The lowest BCUT2D eigenvalue weighted by molar-refractivity contribution is 0.264. The van der Waals surface area contributed by atoms with Crippen molar-refractivity contribution in [3.63, 3.8) is 0 Å². The molecule has 20 heavy (non-hydrogen) atoms. The zero-order chi connectivity index (χ0) is 13.9. The van der Waals surface area contributed by atoms with Crippen LogP contribution in [0.15, 0.2) is 28.7 Å². The summed E-state index contributed by atoms with van der Waals surface area (Å²) in [6, 6.07) is 10.2. The molecule has 1 N–H and O–H groups in total. The van der Waals surface area contributed by atoms with Gasteiger partial charge in [0.15, 0.2) is 6.61 Å². The Morgan fingerprint density at radius 3 is 2.80 bits per heavy atom. The summed E-state index contributed by atoms with van der Waals surface area (Å²) in [7, 11) is 0. The fraction of sp³-hybridized carbons (Fsp3) is 0.333. The van der Waals surface area contributed by atoms with E-state index >= 15 is 0 Å². The van der Waals surface area contributed by atoms with Crippen molar-refractivity contribution in [2.24, 2.45) is 0 Å². The van der Waals surface area contributed by atoms with Crippen molar-refractivity contribution in [2.45, 2.75) is 32.4 Å². The minimum Gasteiger partial charge on any atom is -0.484 e. The minimum atomic E-state index is 0.212. The van der Waals surface area contributed by atoms with E-state index in [1.807, 2.05) is 37.3 Å². The first-order valence-corrected chi connectivity index (χ1v) is 6.60. The summed E-state index contributed by atoms with van der Waals surface area (Å²) in [6.45, 7) is 2.23. The van der Waals surface area contributed by atoms with Crippen LogP contribution in [0, 0.1) is 18.3 Å². The Kier molecular flexibility index (Phi) is 3.30. The Bertz CT molecular complexity index is 636. The first-order chi connectivity index (χ1) is 9.74. The van der Waals surface area contributed by atoms with Gasteiger partial charge in [0.1, 0.15) is 11.8 Å². The molecule has 1 heterocycles. The van der Waals surface area contributed by atoms with Gasteiger partial charge in [0.25, 0.3) is 0 Å². The molecule has 0 atom stereocenters. The lowest BCUT2D eigenvalue weighted by Crippen LogP contribution is -2.00. The normalized spacial score (nSPS) is 13.8. The minimum absolute atomic E-state index is 0.212. The maximum absolute atomic E-state index is 9.03. The molecule has 0 radical (unpaired) electrons. The molecule has 1 fully saturated rings. The Labute approximate surface area is 117 Å². The van der Waals surface area contributed by atoms with E-state index in [2.05, 4.69) is 10.3 Å². The van der Waals surface area contributed by atoms with Gasteiger partial charge in [0.2, 0.25) is 17.5 Å². The summed E-state index contributed by atoms with van der Waals surface area (Å²) < 4.78 is 11.1. The number of rotatable bonds is 5. The lowest BCUT2D eigenvalue weighted by atomic mass is 10.2. The summed E-state index contributed by atoms with van der Waals surface area (Å²) in [6.07, 6.45) is 2.22. The number of nitriles is 1. The number of aromatic nitrogens is 1. The van der Waals surface area contributed by atoms with Gasteiger partial charge in [0, 0.05) is 6.04 Å². The number of oxazole rings is 1. The number of ether oxygens (including phenoxy) is 1. The first kappa shape index (κ1) is 12.5. The highest BCUT2D eigenvalue weighted by molar-refractivity contribution is 5.46. The molecule has 1 aromatic carbocycles. The van der Waals surface area contributed by atoms with E-state index in [1.54, 1.807) is 0 Å². The van der Waals surface area contributed by atoms with Crippen molar-refractivity contribution in [3.05, 3.63) is 41.4 Å². The van der Waals surface area contributed by atoms with E-state index in [0.29, 0.717) is 23.5 Å². The van der Waals surface area contributed by atoms with Crippen LogP contribution in [-0.2, 0) is 6.61 Å². The second-order valence-electron chi connectivity index (χ2n) is 4.92. The molecule has 3 rings (SSSR count). The quantitative estimate of drug-likeness (QED) is 0.903. The summed E-state index contributed by atoms with van der Waals surface area (Å²) in [5.41, 5.74) is 1.47. The molecule has 1 saturated carbocycles. The summed E-state index contributed by atoms with van der Waals surface area (Å²) >= 11 is 0. The van der Waals surface area contributed by atoms with Crippen LogP contribution in [0.4, 0.5) is 5.88 Å². The maximum atomic E-state index is 9.03. The number of benzene rings is 1. The molecule has 1 aliphatic rings. The fourth-order valence-electron chi connectivity index (χ4n) is 1.79. The van der Waals surface area contributed by atoms with E-state index < -0.39 is 0 Å². The van der Waals surface area contributed by atoms with E-state index in [-0.39, 0.29) is 6.61 Å². The van der Waals surface area contributed by atoms with Crippen molar-refractivity contribution in [1.29, 1.82) is 5.26 Å². The maximum Gasteiger partial charge on any atom is 0.236 e. The average molecular weight is 269 g/mol. The third-order valence-electron chi connectivity index (χ3n) is 3.07. The third-order valence-corrected chi connectivity index (χ3v) is 3.07. The van der Waals surface area contributed by atoms with Crippen LogP contribution in [0.5, 0.6) is 5.75 Å². The topological polar surface area (TPSA) is 71.1 Å². The van der Waals surface area contributed by atoms with Gasteiger partial charge in [-0.15, -0.1) is 0 Å².